The first-order chi connectivity index (χ1) is 17.1. The van der Waals surface area contributed by atoms with Crippen LogP contribution in [-0.4, -0.2) is 34.0 Å². The first-order valence-electron chi connectivity index (χ1n) is 11.9. The SMILES string of the molecule is Cc1ccccc1NC(=O)N(CC(=O)N1c2ccccc2-n2cccc2C1c1ccco1)C1CC1. The first kappa shape index (κ1) is 21.3. The van der Waals surface area contributed by atoms with Crippen LogP contribution in [0.15, 0.2) is 89.7 Å². The number of rotatable bonds is 5. The van der Waals surface area contributed by atoms with Gasteiger partial charge in [-0.05, 0) is 67.8 Å². The van der Waals surface area contributed by atoms with Crippen molar-refractivity contribution in [1.82, 2.24) is 9.47 Å². The summed E-state index contributed by atoms with van der Waals surface area (Å²) in [6, 6.07) is 22.6. The number of carbonyl (C=O) groups is 2. The summed E-state index contributed by atoms with van der Waals surface area (Å²) in [5.41, 5.74) is 4.38. The lowest BCUT2D eigenvalue weighted by Crippen LogP contribution is -2.48. The van der Waals surface area contributed by atoms with Crippen LogP contribution in [-0.2, 0) is 4.79 Å². The zero-order valence-electron chi connectivity index (χ0n) is 19.4. The normalized spacial score (nSPS) is 16.4. The summed E-state index contributed by atoms with van der Waals surface area (Å²) in [6.45, 7) is 1.94. The van der Waals surface area contributed by atoms with E-state index in [0.29, 0.717) is 5.76 Å². The fraction of sp³-hybridized carbons (Fsp3) is 0.214. The van der Waals surface area contributed by atoms with Crippen molar-refractivity contribution in [2.24, 2.45) is 0 Å². The van der Waals surface area contributed by atoms with Crippen LogP contribution in [0.25, 0.3) is 5.69 Å². The Labute approximate surface area is 203 Å². The van der Waals surface area contributed by atoms with E-state index in [4.69, 9.17) is 4.42 Å². The summed E-state index contributed by atoms with van der Waals surface area (Å²) < 4.78 is 7.89. The number of nitrogens with one attached hydrogen (secondary N) is 1. The molecule has 2 aromatic carbocycles. The van der Waals surface area contributed by atoms with Crippen LogP contribution in [0.1, 0.15) is 35.9 Å². The quantitative estimate of drug-likeness (QED) is 0.422. The lowest BCUT2D eigenvalue weighted by molar-refractivity contribution is -0.119. The van der Waals surface area contributed by atoms with Gasteiger partial charge in [-0.3, -0.25) is 9.69 Å². The van der Waals surface area contributed by atoms with Crippen molar-refractivity contribution in [2.75, 3.05) is 16.8 Å². The van der Waals surface area contributed by atoms with E-state index in [9.17, 15) is 9.59 Å². The summed E-state index contributed by atoms with van der Waals surface area (Å²) in [5.74, 6) is 0.522. The number of hydrogen-bond donors (Lipinski definition) is 1. The van der Waals surface area contributed by atoms with Gasteiger partial charge in [-0.2, -0.15) is 0 Å². The Morgan fingerprint density at radius 2 is 1.74 bits per heavy atom. The molecule has 7 nitrogen and oxygen atoms in total. The summed E-state index contributed by atoms with van der Waals surface area (Å²) in [6.07, 6.45) is 5.42. The van der Waals surface area contributed by atoms with Gasteiger partial charge in [-0.1, -0.05) is 30.3 Å². The van der Waals surface area contributed by atoms with E-state index in [0.717, 1.165) is 41.2 Å². The number of benzene rings is 2. The Morgan fingerprint density at radius 1 is 0.971 bits per heavy atom. The van der Waals surface area contributed by atoms with Gasteiger partial charge in [0.25, 0.3) is 0 Å². The van der Waals surface area contributed by atoms with Gasteiger partial charge in [0.1, 0.15) is 18.3 Å². The molecular weight excluding hydrogens is 440 g/mol. The zero-order valence-corrected chi connectivity index (χ0v) is 19.4. The number of aryl methyl sites for hydroxylation is 1. The molecule has 1 N–H and O–H groups in total. The third kappa shape index (κ3) is 3.79. The second kappa shape index (κ2) is 8.51. The lowest BCUT2D eigenvalue weighted by Gasteiger charge is -2.38. The Kier molecular flexibility index (Phi) is 5.17. The molecule has 0 bridgehead atoms. The van der Waals surface area contributed by atoms with Crippen LogP contribution in [0, 0.1) is 6.92 Å². The summed E-state index contributed by atoms with van der Waals surface area (Å²) in [7, 11) is 0. The van der Waals surface area contributed by atoms with Crippen molar-refractivity contribution >= 4 is 23.3 Å². The fourth-order valence-corrected chi connectivity index (χ4v) is 4.85. The molecule has 1 fully saturated rings. The van der Waals surface area contributed by atoms with E-state index >= 15 is 0 Å². The second-order valence-corrected chi connectivity index (χ2v) is 9.08. The summed E-state index contributed by atoms with van der Waals surface area (Å²) in [5, 5.41) is 3.00. The molecule has 1 unspecified atom stereocenters. The average molecular weight is 467 g/mol. The first-order valence-corrected chi connectivity index (χ1v) is 11.9. The van der Waals surface area contributed by atoms with Crippen LogP contribution >= 0.6 is 0 Å². The van der Waals surface area contributed by atoms with Gasteiger partial charge >= 0.3 is 6.03 Å². The number of hydrogen-bond acceptors (Lipinski definition) is 3. The zero-order chi connectivity index (χ0) is 23.9. The summed E-state index contributed by atoms with van der Waals surface area (Å²) >= 11 is 0. The van der Waals surface area contributed by atoms with Crippen LogP contribution in [0.4, 0.5) is 16.2 Å². The van der Waals surface area contributed by atoms with E-state index < -0.39 is 6.04 Å². The number of aromatic nitrogens is 1. The second-order valence-electron chi connectivity index (χ2n) is 9.08. The Morgan fingerprint density at radius 3 is 2.49 bits per heavy atom. The van der Waals surface area contributed by atoms with Gasteiger partial charge in [0.05, 0.1) is 23.3 Å². The maximum Gasteiger partial charge on any atom is 0.322 e. The Hall–Kier alpha value is -4.26. The molecule has 1 aliphatic heterocycles. The maximum atomic E-state index is 14.0. The molecule has 0 radical (unpaired) electrons. The molecule has 3 amide bonds. The van der Waals surface area contributed by atoms with Crippen LogP contribution in [0.2, 0.25) is 0 Å². The van der Waals surface area contributed by atoms with Crippen molar-refractivity contribution in [3.63, 3.8) is 0 Å². The molecule has 0 spiro atoms. The van der Waals surface area contributed by atoms with Gasteiger partial charge in [0.15, 0.2) is 0 Å². The molecule has 35 heavy (non-hydrogen) atoms. The Balaban J connectivity index is 1.35. The molecule has 4 aromatic rings. The van der Waals surface area contributed by atoms with Crippen molar-refractivity contribution < 1.29 is 14.0 Å². The highest BCUT2D eigenvalue weighted by molar-refractivity contribution is 6.01. The number of anilines is 2. The van der Waals surface area contributed by atoms with Crippen LogP contribution in [0.5, 0.6) is 0 Å². The maximum absolute atomic E-state index is 14.0. The molecule has 0 saturated heterocycles. The lowest BCUT2D eigenvalue weighted by atomic mass is 10.0. The van der Waals surface area contributed by atoms with E-state index in [-0.39, 0.29) is 24.5 Å². The molecule has 1 atom stereocenters. The highest BCUT2D eigenvalue weighted by Gasteiger charge is 2.41. The Bertz CT molecular complexity index is 1390. The van der Waals surface area contributed by atoms with Gasteiger partial charge in [0, 0.05) is 17.9 Å². The summed E-state index contributed by atoms with van der Waals surface area (Å²) in [4.78, 5) is 30.8. The minimum absolute atomic E-state index is 0.0192. The average Bonchev–Trinajstić information content (AvgIpc) is 3.34. The number of nitrogens with zero attached hydrogens (tertiary/aromatic N) is 3. The van der Waals surface area contributed by atoms with Crippen molar-refractivity contribution in [2.45, 2.75) is 31.8 Å². The molecule has 7 heteroatoms. The molecule has 1 saturated carbocycles. The van der Waals surface area contributed by atoms with Crippen molar-refractivity contribution in [1.29, 1.82) is 0 Å². The monoisotopic (exact) mass is 466 g/mol. The van der Waals surface area contributed by atoms with Crippen molar-refractivity contribution in [3.05, 3.63) is 102 Å². The number of fused-ring (bicyclic) bond motifs is 3. The topological polar surface area (TPSA) is 70.7 Å². The molecule has 2 aromatic heterocycles. The largest absolute Gasteiger partial charge is 0.467 e. The number of furan rings is 1. The molecule has 176 valence electrons. The third-order valence-electron chi connectivity index (χ3n) is 6.74. The highest BCUT2D eigenvalue weighted by atomic mass is 16.3. The van der Waals surface area contributed by atoms with E-state index in [2.05, 4.69) is 9.88 Å². The van der Waals surface area contributed by atoms with Gasteiger partial charge in [0.2, 0.25) is 5.91 Å². The minimum Gasteiger partial charge on any atom is -0.467 e. The van der Waals surface area contributed by atoms with E-state index in [1.54, 1.807) is 16.1 Å². The number of amides is 3. The standard InChI is InChI=1S/C28H26N4O3/c1-19-8-2-3-9-21(19)29-28(34)31(20-14-15-20)18-26(33)32-23-11-5-4-10-22(23)30-16-6-12-24(30)27(32)25-13-7-17-35-25/h2-13,16-17,20,27H,14-15,18H2,1H3,(H,29,34). The molecule has 3 heterocycles. The predicted octanol–water partition coefficient (Wildman–Crippen LogP) is 5.51. The smallest absolute Gasteiger partial charge is 0.322 e. The van der Waals surface area contributed by atoms with Crippen molar-refractivity contribution in [3.8, 4) is 5.69 Å². The molecule has 2 aliphatic rings. The highest BCUT2D eigenvalue weighted by Crippen LogP contribution is 2.42. The molecular formula is C28H26N4O3. The fourth-order valence-electron chi connectivity index (χ4n) is 4.85. The van der Waals surface area contributed by atoms with Crippen LogP contribution < -0.4 is 10.2 Å². The third-order valence-corrected chi connectivity index (χ3v) is 6.74. The minimum atomic E-state index is -0.428. The van der Waals surface area contributed by atoms with Crippen LogP contribution in [0.3, 0.4) is 0 Å². The van der Waals surface area contributed by atoms with Gasteiger partial charge in [-0.15, -0.1) is 0 Å². The number of para-hydroxylation sites is 3. The van der Waals surface area contributed by atoms with E-state index in [1.165, 1.54) is 0 Å². The number of carbonyl (C=O) groups excluding carboxylic acids is 2. The number of urea groups is 1. The van der Waals surface area contributed by atoms with E-state index in [1.807, 2.05) is 85.9 Å². The van der Waals surface area contributed by atoms with Gasteiger partial charge in [-0.25, -0.2) is 4.79 Å². The molecule has 6 rings (SSSR count). The van der Waals surface area contributed by atoms with Gasteiger partial charge < -0.3 is 19.2 Å². The predicted molar refractivity (Wildman–Crippen MR) is 134 cm³/mol. The molecule has 1 aliphatic carbocycles.